The fraction of sp³-hybridized carbons (Fsp3) is 0.0820. The first-order valence-electron chi connectivity index (χ1n) is 22.4. The second-order valence-corrected chi connectivity index (χ2v) is 17.9. The quantitative estimate of drug-likeness (QED) is 0.167. The topological polar surface area (TPSA) is 57.4 Å². The highest BCUT2D eigenvalue weighted by Gasteiger charge is 2.34. The Hall–Kier alpha value is -8.65. The molecule has 0 unspecified atom stereocenters. The molecule has 7 heteroatoms. The summed E-state index contributed by atoms with van der Waals surface area (Å²) in [7, 11) is 0. The molecule has 2 aromatic heterocycles. The number of fused-ring (bicyclic) bond motifs is 6. The summed E-state index contributed by atoms with van der Waals surface area (Å²) in [6.07, 6.45) is -4.73. The van der Waals surface area contributed by atoms with E-state index < -0.39 is 11.7 Å². The Morgan fingerprint density at radius 1 is 0.368 bits per heavy atom. The van der Waals surface area contributed by atoms with E-state index in [1.165, 1.54) is 23.3 Å². The molecule has 0 bridgehead atoms. The number of rotatable bonds is 6. The molecule has 0 saturated heterocycles. The van der Waals surface area contributed by atoms with Crippen molar-refractivity contribution in [2.24, 2.45) is 0 Å². The van der Waals surface area contributed by atoms with Crippen LogP contribution >= 0.6 is 0 Å². The normalized spacial score (nSPS) is 11.7. The number of para-hydroxylation sites is 2. The number of benzene rings is 9. The van der Waals surface area contributed by atoms with E-state index in [2.05, 4.69) is 134 Å². The zero-order valence-electron chi connectivity index (χ0n) is 37.7. The highest BCUT2D eigenvalue weighted by atomic mass is 19.4. The van der Waals surface area contributed by atoms with Gasteiger partial charge in [0.15, 0.2) is 0 Å². The number of alkyl halides is 3. The molecule has 0 aliphatic heterocycles. The van der Waals surface area contributed by atoms with Crippen molar-refractivity contribution >= 4 is 43.6 Å². The maximum atomic E-state index is 15.0. The molecule has 9 aromatic carbocycles. The van der Waals surface area contributed by atoms with Gasteiger partial charge in [-0.25, -0.2) is 0 Å². The highest BCUT2D eigenvalue weighted by Crippen LogP contribution is 2.45. The minimum absolute atomic E-state index is 0.0461. The number of hydrogen-bond donors (Lipinski definition) is 0. The summed E-state index contributed by atoms with van der Waals surface area (Å²) in [4.78, 5) is 0. The molecule has 0 spiro atoms. The van der Waals surface area contributed by atoms with Crippen LogP contribution in [-0.4, -0.2) is 9.13 Å². The van der Waals surface area contributed by atoms with Gasteiger partial charge in [-0.15, -0.1) is 0 Å². The van der Waals surface area contributed by atoms with E-state index in [-0.39, 0.29) is 11.1 Å². The van der Waals surface area contributed by atoms with Crippen LogP contribution in [0.3, 0.4) is 0 Å². The van der Waals surface area contributed by atoms with Gasteiger partial charge in [-0.2, -0.15) is 23.7 Å². The average Bonchev–Trinajstić information content (AvgIpc) is 3.84. The Morgan fingerprint density at radius 3 is 1.35 bits per heavy atom. The molecule has 0 fully saturated rings. The molecule has 0 radical (unpaired) electrons. The van der Waals surface area contributed by atoms with Gasteiger partial charge in [-0.1, -0.05) is 125 Å². The Kier molecular flexibility index (Phi) is 9.92. The van der Waals surface area contributed by atoms with Gasteiger partial charge in [0.25, 0.3) is 0 Å². The standard InChI is InChI=1S/C61H41F3N4/c1-36-23-37(2)26-45(25-36)42-16-21-58-52(31-42)48-9-5-7-11-55(48)67(58)57-20-14-40(34-65)29-51(57)50-19-15-44(47-18-13-41(35-66)30-54(47)61(62,63)64)33-60(50)68-56-12-8-6-10-49(56)53-32-43(17-22-59(53)68)46-27-38(3)24-39(4)28-46/h5-33H,1-4H3. The van der Waals surface area contributed by atoms with Gasteiger partial charge in [-0.05, 0) is 134 Å². The van der Waals surface area contributed by atoms with Crippen molar-refractivity contribution in [1.82, 2.24) is 9.13 Å². The molecule has 11 aromatic rings. The first-order chi connectivity index (χ1) is 32.9. The van der Waals surface area contributed by atoms with Gasteiger partial charge in [-0.3, -0.25) is 0 Å². The second kappa shape index (κ2) is 16.0. The molecule has 0 aliphatic carbocycles. The fourth-order valence-electron chi connectivity index (χ4n) is 10.3. The van der Waals surface area contributed by atoms with E-state index in [1.807, 2.05) is 66.7 Å². The molecule has 68 heavy (non-hydrogen) atoms. The van der Waals surface area contributed by atoms with Crippen molar-refractivity contribution in [2.75, 3.05) is 0 Å². The van der Waals surface area contributed by atoms with Crippen LogP contribution in [-0.2, 0) is 6.18 Å². The Balaban J connectivity index is 1.22. The molecule has 0 atom stereocenters. The van der Waals surface area contributed by atoms with E-state index >= 15 is 0 Å². The van der Waals surface area contributed by atoms with E-state index in [1.54, 1.807) is 6.07 Å². The van der Waals surface area contributed by atoms with Crippen molar-refractivity contribution in [3.8, 4) is 68.0 Å². The molecule has 326 valence electrons. The lowest BCUT2D eigenvalue weighted by molar-refractivity contribution is -0.137. The predicted molar refractivity (Wildman–Crippen MR) is 270 cm³/mol. The van der Waals surface area contributed by atoms with Gasteiger partial charge in [0, 0.05) is 32.7 Å². The smallest absolute Gasteiger partial charge is 0.309 e. The van der Waals surface area contributed by atoms with Gasteiger partial charge in [0.1, 0.15) is 0 Å². The Bertz CT molecular complexity index is 3940. The zero-order valence-corrected chi connectivity index (χ0v) is 37.7. The first-order valence-corrected chi connectivity index (χ1v) is 22.4. The molecular weight excluding hydrogens is 846 g/mol. The molecule has 0 aliphatic rings. The molecule has 0 N–H and O–H groups in total. The van der Waals surface area contributed by atoms with Crippen LogP contribution < -0.4 is 0 Å². The summed E-state index contributed by atoms with van der Waals surface area (Å²) in [5.41, 5.74) is 15.3. The maximum Gasteiger partial charge on any atom is 0.417 e. The maximum absolute atomic E-state index is 15.0. The third kappa shape index (κ3) is 7.08. The first kappa shape index (κ1) is 42.0. The van der Waals surface area contributed by atoms with Crippen molar-refractivity contribution in [3.63, 3.8) is 0 Å². The number of hydrogen-bond acceptors (Lipinski definition) is 2. The van der Waals surface area contributed by atoms with Crippen LogP contribution in [0, 0.1) is 50.4 Å². The van der Waals surface area contributed by atoms with Crippen LogP contribution in [0.15, 0.2) is 176 Å². The number of halogens is 3. The van der Waals surface area contributed by atoms with Gasteiger partial charge in [0.2, 0.25) is 0 Å². The number of aryl methyl sites for hydroxylation is 4. The lowest BCUT2D eigenvalue weighted by Crippen LogP contribution is -2.08. The SMILES string of the molecule is Cc1cc(C)cc(-c2ccc3c(c2)c2ccccc2n3-c2ccc(C#N)cc2-c2ccc(-c3ccc(C#N)cc3C(F)(F)F)cc2-n2c3ccccc3c3cc(-c4cc(C)cc(C)c4)ccc32)c1. The molecule has 2 heterocycles. The summed E-state index contributed by atoms with van der Waals surface area (Å²) < 4.78 is 49.3. The lowest BCUT2D eigenvalue weighted by atomic mass is 9.92. The summed E-state index contributed by atoms with van der Waals surface area (Å²) in [6, 6.07) is 61.4. The number of nitriles is 2. The van der Waals surface area contributed by atoms with Crippen molar-refractivity contribution < 1.29 is 13.2 Å². The van der Waals surface area contributed by atoms with Crippen LogP contribution in [0.1, 0.15) is 38.9 Å². The Morgan fingerprint density at radius 2 is 0.824 bits per heavy atom. The largest absolute Gasteiger partial charge is 0.417 e. The van der Waals surface area contributed by atoms with E-state index in [0.29, 0.717) is 22.4 Å². The fourth-order valence-corrected chi connectivity index (χ4v) is 10.3. The van der Waals surface area contributed by atoms with Crippen molar-refractivity contribution in [2.45, 2.75) is 33.9 Å². The zero-order chi connectivity index (χ0) is 47.0. The van der Waals surface area contributed by atoms with E-state index in [9.17, 15) is 23.7 Å². The van der Waals surface area contributed by atoms with Gasteiger partial charge < -0.3 is 9.13 Å². The van der Waals surface area contributed by atoms with E-state index in [0.717, 1.165) is 94.3 Å². The molecule has 0 amide bonds. The highest BCUT2D eigenvalue weighted by molar-refractivity contribution is 6.13. The third-order valence-corrected chi connectivity index (χ3v) is 13.1. The van der Waals surface area contributed by atoms with Gasteiger partial charge in [0.05, 0.1) is 62.3 Å². The number of aromatic nitrogens is 2. The minimum Gasteiger partial charge on any atom is -0.309 e. The van der Waals surface area contributed by atoms with Gasteiger partial charge >= 0.3 is 6.18 Å². The summed E-state index contributed by atoms with van der Waals surface area (Å²) in [5, 5.41) is 24.2. The molecule has 11 rings (SSSR count). The predicted octanol–water partition coefficient (Wildman–Crippen LogP) is 16.5. The number of nitrogens with zero attached hydrogens (tertiary/aromatic N) is 4. The second-order valence-electron chi connectivity index (χ2n) is 17.9. The van der Waals surface area contributed by atoms with Crippen molar-refractivity contribution in [1.29, 1.82) is 10.5 Å². The molecule has 0 saturated carbocycles. The average molecular weight is 887 g/mol. The third-order valence-electron chi connectivity index (χ3n) is 13.1. The van der Waals surface area contributed by atoms with Crippen LogP contribution in [0.2, 0.25) is 0 Å². The monoisotopic (exact) mass is 886 g/mol. The molecule has 4 nitrogen and oxygen atoms in total. The summed E-state index contributed by atoms with van der Waals surface area (Å²) in [5.74, 6) is 0. The summed E-state index contributed by atoms with van der Waals surface area (Å²) in [6.45, 7) is 8.39. The summed E-state index contributed by atoms with van der Waals surface area (Å²) >= 11 is 0. The van der Waals surface area contributed by atoms with Crippen LogP contribution in [0.5, 0.6) is 0 Å². The van der Waals surface area contributed by atoms with Crippen LogP contribution in [0.25, 0.3) is 99.5 Å². The Labute approximate surface area is 391 Å². The lowest BCUT2D eigenvalue weighted by Gasteiger charge is -2.21. The minimum atomic E-state index is -4.73. The molecular formula is C61H41F3N4. The van der Waals surface area contributed by atoms with E-state index in [4.69, 9.17) is 0 Å². The van der Waals surface area contributed by atoms with Crippen LogP contribution in [0.4, 0.5) is 13.2 Å². The van der Waals surface area contributed by atoms with Crippen molar-refractivity contribution in [3.05, 3.63) is 215 Å².